The molecule has 1 rings (SSSR count). The highest BCUT2D eigenvalue weighted by Gasteiger charge is 2.14. The van der Waals surface area contributed by atoms with Gasteiger partial charge in [-0.3, -0.25) is 4.79 Å². The van der Waals surface area contributed by atoms with Crippen LogP contribution >= 0.6 is 0 Å². The van der Waals surface area contributed by atoms with Crippen molar-refractivity contribution in [2.24, 2.45) is 0 Å². The normalized spacial score (nSPS) is 10.1. The monoisotopic (exact) mass is 278 g/mol. The minimum absolute atomic E-state index is 0.215. The molecular weight excluding hydrogens is 256 g/mol. The molecule has 0 atom stereocenters. The Labute approximate surface area is 119 Å². The van der Waals surface area contributed by atoms with Gasteiger partial charge in [0.25, 0.3) is 5.91 Å². The molecule has 0 saturated heterocycles. The lowest BCUT2D eigenvalue weighted by atomic mass is 10.1. The molecule has 1 aromatic rings. The number of hydrogen-bond acceptors (Lipinski definition) is 4. The molecule has 0 aliphatic rings. The summed E-state index contributed by atoms with van der Waals surface area (Å²) in [4.78, 5) is 12.1. The second-order valence-electron chi connectivity index (χ2n) is 4.10. The second kappa shape index (κ2) is 8.98. The predicted molar refractivity (Wildman–Crippen MR) is 80.0 cm³/mol. The van der Waals surface area contributed by atoms with Crippen LogP contribution in [0.3, 0.4) is 0 Å². The molecule has 3 N–H and O–H groups in total. The summed E-state index contributed by atoms with van der Waals surface area (Å²) in [5, 5.41) is 2.78. The molecular formula is C15H22N2O3. The molecule has 0 aliphatic heterocycles. The lowest BCUT2D eigenvalue weighted by Crippen LogP contribution is -2.28. The van der Waals surface area contributed by atoms with Crippen molar-refractivity contribution < 1.29 is 14.3 Å². The molecule has 0 heterocycles. The van der Waals surface area contributed by atoms with E-state index < -0.39 is 0 Å². The Morgan fingerprint density at radius 2 is 2.25 bits per heavy atom. The number of nitrogens with two attached hydrogens (primary N) is 1. The molecule has 0 bridgehead atoms. The number of hydrogen-bond donors (Lipinski definition) is 2. The number of nitrogen functional groups attached to an aromatic ring is 1. The fraction of sp³-hybridized carbons (Fsp3) is 0.400. The van der Waals surface area contributed by atoms with E-state index in [4.69, 9.17) is 15.2 Å². The molecule has 0 unspecified atom stereocenters. The Balaban J connectivity index is 2.50. The zero-order valence-electron chi connectivity index (χ0n) is 11.9. The lowest BCUT2D eigenvalue weighted by molar-refractivity contribution is 0.0914. The van der Waals surface area contributed by atoms with E-state index in [1.807, 2.05) is 6.92 Å². The summed E-state index contributed by atoms with van der Waals surface area (Å²) < 4.78 is 10.7. The fourth-order valence-corrected chi connectivity index (χ4v) is 1.64. The first-order valence-corrected chi connectivity index (χ1v) is 6.68. The van der Waals surface area contributed by atoms with E-state index in [1.54, 1.807) is 24.3 Å². The summed E-state index contributed by atoms with van der Waals surface area (Å²) in [6.07, 6.45) is 2.59. The zero-order valence-corrected chi connectivity index (χ0v) is 11.9. The van der Waals surface area contributed by atoms with Crippen LogP contribution in [0.1, 0.15) is 23.7 Å². The minimum atomic E-state index is -0.215. The van der Waals surface area contributed by atoms with Crippen LogP contribution in [0, 0.1) is 0 Å². The van der Waals surface area contributed by atoms with Gasteiger partial charge in [0, 0.05) is 6.54 Å². The van der Waals surface area contributed by atoms with Crippen LogP contribution in [-0.2, 0) is 4.74 Å². The van der Waals surface area contributed by atoms with Crippen molar-refractivity contribution in [3.63, 3.8) is 0 Å². The summed E-state index contributed by atoms with van der Waals surface area (Å²) in [5.74, 6) is 0.216. The van der Waals surface area contributed by atoms with Crippen molar-refractivity contribution in [1.82, 2.24) is 5.32 Å². The fourth-order valence-electron chi connectivity index (χ4n) is 1.64. The van der Waals surface area contributed by atoms with Gasteiger partial charge in [0.15, 0.2) is 5.75 Å². The number of para-hydroxylation sites is 1. The number of carbonyl (C=O) groups excluding carboxylic acids is 1. The van der Waals surface area contributed by atoms with Gasteiger partial charge in [-0.05, 0) is 25.5 Å². The van der Waals surface area contributed by atoms with Gasteiger partial charge in [0.1, 0.15) is 0 Å². The van der Waals surface area contributed by atoms with Gasteiger partial charge in [-0.25, -0.2) is 0 Å². The van der Waals surface area contributed by atoms with Gasteiger partial charge in [-0.15, -0.1) is 6.58 Å². The first kappa shape index (κ1) is 16.0. The number of anilines is 1. The molecule has 5 nitrogen and oxygen atoms in total. The van der Waals surface area contributed by atoms with Gasteiger partial charge in [0.2, 0.25) is 0 Å². The van der Waals surface area contributed by atoms with E-state index in [0.29, 0.717) is 43.4 Å². The highest BCUT2D eigenvalue weighted by molar-refractivity contribution is 5.98. The molecule has 20 heavy (non-hydrogen) atoms. The third-order valence-electron chi connectivity index (χ3n) is 2.58. The molecule has 5 heteroatoms. The Morgan fingerprint density at radius 1 is 1.45 bits per heavy atom. The smallest absolute Gasteiger partial charge is 0.255 e. The summed E-state index contributed by atoms with van der Waals surface area (Å²) >= 11 is 0. The van der Waals surface area contributed by atoms with Crippen LogP contribution in [-0.4, -0.2) is 32.3 Å². The summed E-state index contributed by atoms with van der Waals surface area (Å²) in [7, 11) is 0. The van der Waals surface area contributed by atoms with Crippen molar-refractivity contribution in [1.29, 1.82) is 0 Å². The molecule has 0 fully saturated rings. The van der Waals surface area contributed by atoms with E-state index in [2.05, 4.69) is 11.9 Å². The maximum Gasteiger partial charge on any atom is 0.255 e. The molecule has 0 spiro atoms. The number of ether oxygens (including phenoxy) is 2. The average molecular weight is 278 g/mol. The highest BCUT2D eigenvalue weighted by atomic mass is 16.5. The first-order chi connectivity index (χ1) is 9.70. The lowest BCUT2D eigenvalue weighted by Gasteiger charge is -2.12. The van der Waals surface area contributed by atoms with E-state index in [1.165, 1.54) is 0 Å². The summed E-state index contributed by atoms with van der Waals surface area (Å²) in [6, 6.07) is 5.13. The van der Waals surface area contributed by atoms with Gasteiger partial charge in [-0.1, -0.05) is 12.1 Å². The van der Waals surface area contributed by atoms with E-state index >= 15 is 0 Å². The van der Waals surface area contributed by atoms with Crippen molar-refractivity contribution in [2.75, 3.05) is 32.1 Å². The maximum atomic E-state index is 12.1. The van der Waals surface area contributed by atoms with Crippen LogP contribution in [0.15, 0.2) is 30.9 Å². The second-order valence-corrected chi connectivity index (χ2v) is 4.10. The average Bonchev–Trinajstić information content (AvgIpc) is 2.45. The maximum absolute atomic E-state index is 12.1. The molecule has 0 radical (unpaired) electrons. The van der Waals surface area contributed by atoms with Gasteiger partial charge >= 0.3 is 0 Å². The molecule has 0 aliphatic carbocycles. The quantitative estimate of drug-likeness (QED) is 0.411. The third kappa shape index (κ3) is 4.93. The topological polar surface area (TPSA) is 73.6 Å². The molecule has 1 amide bonds. The first-order valence-electron chi connectivity index (χ1n) is 6.68. The van der Waals surface area contributed by atoms with Gasteiger partial charge in [-0.2, -0.15) is 0 Å². The van der Waals surface area contributed by atoms with Crippen LogP contribution in [0.5, 0.6) is 5.75 Å². The van der Waals surface area contributed by atoms with Crippen LogP contribution in [0.2, 0.25) is 0 Å². The van der Waals surface area contributed by atoms with E-state index in [0.717, 1.165) is 6.42 Å². The van der Waals surface area contributed by atoms with Gasteiger partial charge < -0.3 is 20.5 Å². The van der Waals surface area contributed by atoms with Crippen molar-refractivity contribution in [3.8, 4) is 5.75 Å². The van der Waals surface area contributed by atoms with Crippen molar-refractivity contribution in [3.05, 3.63) is 36.4 Å². The molecule has 1 aromatic carbocycles. The van der Waals surface area contributed by atoms with Crippen molar-refractivity contribution in [2.45, 2.75) is 13.3 Å². The number of benzene rings is 1. The largest absolute Gasteiger partial charge is 0.491 e. The zero-order chi connectivity index (χ0) is 14.8. The predicted octanol–water partition coefficient (Wildman–Crippen LogP) is 1.99. The number of nitrogens with one attached hydrogen (secondary N) is 1. The molecule has 110 valence electrons. The van der Waals surface area contributed by atoms with Crippen molar-refractivity contribution >= 4 is 11.6 Å². The third-order valence-corrected chi connectivity index (χ3v) is 2.58. The van der Waals surface area contributed by atoms with Gasteiger partial charge in [0.05, 0.1) is 31.1 Å². The van der Waals surface area contributed by atoms with Crippen LogP contribution in [0.4, 0.5) is 5.69 Å². The summed E-state index contributed by atoms with van der Waals surface area (Å²) in [5.41, 5.74) is 6.72. The van der Waals surface area contributed by atoms with E-state index in [-0.39, 0.29) is 5.91 Å². The Kier molecular flexibility index (Phi) is 7.21. The standard InChI is InChI=1S/C15H22N2O3/c1-3-5-10-19-11-9-17-15(18)12-7-6-8-13(16)14(12)20-4-2/h3,6-8H,1,4-5,9-11,16H2,2H3,(H,17,18). The Bertz CT molecular complexity index is 447. The minimum Gasteiger partial charge on any atom is -0.491 e. The number of rotatable bonds is 9. The van der Waals surface area contributed by atoms with E-state index in [9.17, 15) is 4.79 Å². The Hall–Kier alpha value is -2.01. The SMILES string of the molecule is C=CCCOCCNC(=O)c1cccc(N)c1OCC. The summed E-state index contributed by atoms with van der Waals surface area (Å²) in [6.45, 7) is 7.43. The van der Waals surface area contributed by atoms with Crippen LogP contribution < -0.4 is 15.8 Å². The number of carbonyl (C=O) groups is 1. The number of amides is 1. The molecule has 0 saturated carbocycles. The molecule has 0 aromatic heterocycles. The van der Waals surface area contributed by atoms with Crippen LogP contribution in [0.25, 0.3) is 0 Å². The Morgan fingerprint density at radius 3 is 2.95 bits per heavy atom. The highest BCUT2D eigenvalue weighted by Crippen LogP contribution is 2.26.